The van der Waals surface area contributed by atoms with E-state index >= 15 is 0 Å². The molecule has 0 saturated carbocycles. The maximum atomic E-state index is 13.7. The molecule has 3 N–H and O–H groups in total. The van der Waals surface area contributed by atoms with Crippen LogP contribution in [-0.4, -0.2) is 5.91 Å². The highest BCUT2D eigenvalue weighted by atomic mass is 19.1. The zero-order valence-electron chi connectivity index (χ0n) is 12.2. The predicted octanol–water partition coefficient (Wildman–Crippen LogP) is 3.08. The van der Waals surface area contributed by atoms with Gasteiger partial charge in [0.1, 0.15) is 5.82 Å². The Kier molecular flexibility index (Phi) is 4.70. The zero-order chi connectivity index (χ0) is 15.4. The topological polar surface area (TPSA) is 55.1 Å². The number of hydrogen-bond acceptors (Lipinski definition) is 2. The number of amides is 1. The van der Waals surface area contributed by atoms with Crippen molar-refractivity contribution >= 4 is 5.91 Å². The van der Waals surface area contributed by atoms with Gasteiger partial charge in [-0.2, -0.15) is 0 Å². The average Bonchev–Trinajstić information content (AvgIpc) is 2.49. The van der Waals surface area contributed by atoms with E-state index in [-0.39, 0.29) is 11.6 Å². The summed E-state index contributed by atoms with van der Waals surface area (Å²) >= 11 is 0. The summed E-state index contributed by atoms with van der Waals surface area (Å²) in [5.41, 5.74) is 8.45. The maximum absolute atomic E-state index is 13.7. The third kappa shape index (κ3) is 3.67. The quantitative estimate of drug-likeness (QED) is 0.907. The molecule has 1 atom stereocenters. The van der Waals surface area contributed by atoms with Crippen LogP contribution in [0, 0.1) is 12.7 Å². The Hall–Kier alpha value is -2.20. The summed E-state index contributed by atoms with van der Waals surface area (Å²) in [5, 5.41) is 2.81. The lowest BCUT2D eigenvalue weighted by atomic mass is 10.0. The molecule has 3 nitrogen and oxygen atoms in total. The number of rotatable bonds is 4. The first-order valence-corrected chi connectivity index (χ1v) is 6.87. The van der Waals surface area contributed by atoms with Crippen LogP contribution in [0.2, 0.25) is 0 Å². The lowest BCUT2D eigenvalue weighted by Crippen LogP contribution is -2.27. The summed E-state index contributed by atoms with van der Waals surface area (Å²) in [6.07, 6.45) is 0. The van der Waals surface area contributed by atoms with Crippen molar-refractivity contribution in [3.8, 4) is 0 Å². The Bertz CT molecular complexity index is 638. The molecule has 0 bridgehead atoms. The van der Waals surface area contributed by atoms with Gasteiger partial charge in [-0.05, 0) is 37.1 Å². The third-order valence-electron chi connectivity index (χ3n) is 3.43. The van der Waals surface area contributed by atoms with Crippen LogP contribution in [0.1, 0.15) is 40.0 Å². The molecule has 0 aliphatic rings. The van der Waals surface area contributed by atoms with Gasteiger partial charge in [-0.15, -0.1) is 0 Å². The Morgan fingerprint density at radius 1 is 1.24 bits per heavy atom. The maximum Gasteiger partial charge on any atom is 0.254 e. The van der Waals surface area contributed by atoms with Crippen molar-refractivity contribution in [2.24, 2.45) is 5.73 Å². The average molecular weight is 286 g/mol. The van der Waals surface area contributed by atoms with E-state index in [1.807, 2.05) is 38.1 Å². The molecular formula is C17H19FN2O. The molecule has 0 heterocycles. The van der Waals surface area contributed by atoms with E-state index in [0.717, 1.165) is 16.7 Å². The molecule has 0 fully saturated rings. The molecule has 2 aromatic rings. The lowest BCUT2D eigenvalue weighted by Gasteiger charge is -2.15. The van der Waals surface area contributed by atoms with Gasteiger partial charge < -0.3 is 11.1 Å². The summed E-state index contributed by atoms with van der Waals surface area (Å²) in [4.78, 5) is 12.2. The molecule has 21 heavy (non-hydrogen) atoms. The van der Waals surface area contributed by atoms with Crippen LogP contribution in [0.15, 0.2) is 42.5 Å². The molecule has 0 spiro atoms. The molecule has 0 aromatic heterocycles. The minimum atomic E-state index is -0.510. The molecule has 0 saturated heterocycles. The van der Waals surface area contributed by atoms with Crippen molar-refractivity contribution in [1.82, 2.24) is 5.32 Å². The largest absolute Gasteiger partial charge is 0.345 e. The van der Waals surface area contributed by atoms with Crippen molar-refractivity contribution in [2.75, 3.05) is 0 Å². The van der Waals surface area contributed by atoms with Crippen molar-refractivity contribution in [2.45, 2.75) is 26.4 Å². The van der Waals surface area contributed by atoms with E-state index in [2.05, 4.69) is 5.32 Å². The molecule has 4 heteroatoms. The standard InChI is InChI=1S/C17H19FN2O/c1-11-3-8-16(18)15(9-11)17(21)20-12(2)14-6-4-13(10-19)5-7-14/h3-9,12H,10,19H2,1-2H3,(H,20,21). The molecule has 1 unspecified atom stereocenters. The van der Waals surface area contributed by atoms with Crippen LogP contribution < -0.4 is 11.1 Å². The van der Waals surface area contributed by atoms with Gasteiger partial charge in [0.15, 0.2) is 0 Å². The Balaban J connectivity index is 2.12. The van der Waals surface area contributed by atoms with Gasteiger partial charge in [-0.25, -0.2) is 4.39 Å². The Labute approximate surface area is 124 Å². The second kappa shape index (κ2) is 6.50. The normalized spacial score (nSPS) is 12.0. The summed E-state index contributed by atoms with van der Waals surface area (Å²) in [7, 11) is 0. The van der Waals surface area contributed by atoms with Gasteiger partial charge in [0.25, 0.3) is 5.91 Å². The number of hydrogen-bond donors (Lipinski definition) is 2. The van der Waals surface area contributed by atoms with Gasteiger partial charge in [0.05, 0.1) is 11.6 Å². The third-order valence-corrected chi connectivity index (χ3v) is 3.43. The van der Waals surface area contributed by atoms with Crippen molar-refractivity contribution in [1.29, 1.82) is 0 Å². The first-order chi connectivity index (χ1) is 10.0. The molecule has 110 valence electrons. The van der Waals surface area contributed by atoms with Crippen LogP contribution in [0.4, 0.5) is 4.39 Å². The fraction of sp³-hybridized carbons (Fsp3) is 0.235. The van der Waals surface area contributed by atoms with E-state index < -0.39 is 11.7 Å². The molecular weight excluding hydrogens is 267 g/mol. The summed E-state index contributed by atoms with van der Waals surface area (Å²) in [6, 6.07) is 12.0. The van der Waals surface area contributed by atoms with Crippen LogP contribution in [-0.2, 0) is 6.54 Å². The highest BCUT2D eigenvalue weighted by Gasteiger charge is 2.15. The van der Waals surface area contributed by atoms with E-state index in [0.29, 0.717) is 6.54 Å². The highest BCUT2D eigenvalue weighted by molar-refractivity contribution is 5.94. The second-order valence-corrected chi connectivity index (χ2v) is 5.12. The Morgan fingerprint density at radius 2 is 1.90 bits per heavy atom. The van der Waals surface area contributed by atoms with Crippen molar-refractivity contribution in [3.05, 3.63) is 70.5 Å². The van der Waals surface area contributed by atoms with Crippen LogP contribution in [0.25, 0.3) is 0 Å². The molecule has 0 aliphatic heterocycles. The van der Waals surface area contributed by atoms with Crippen molar-refractivity contribution in [3.63, 3.8) is 0 Å². The number of carbonyl (C=O) groups is 1. The van der Waals surface area contributed by atoms with E-state index in [1.165, 1.54) is 6.07 Å². The molecule has 0 radical (unpaired) electrons. The van der Waals surface area contributed by atoms with Crippen LogP contribution >= 0.6 is 0 Å². The van der Waals surface area contributed by atoms with E-state index in [4.69, 9.17) is 5.73 Å². The number of nitrogens with one attached hydrogen (secondary N) is 1. The lowest BCUT2D eigenvalue weighted by molar-refractivity contribution is 0.0935. The second-order valence-electron chi connectivity index (χ2n) is 5.12. The SMILES string of the molecule is Cc1ccc(F)c(C(=O)NC(C)c2ccc(CN)cc2)c1. The number of aryl methyl sites for hydroxylation is 1. The molecule has 2 rings (SSSR count). The first kappa shape index (κ1) is 15.2. The minimum Gasteiger partial charge on any atom is -0.345 e. The smallest absolute Gasteiger partial charge is 0.254 e. The van der Waals surface area contributed by atoms with Gasteiger partial charge in [-0.1, -0.05) is 35.9 Å². The van der Waals surface area contributed by atoms with Crippen molar-refractivity contribution < 1.29 is 9.18 Å². The molecule has 1 amide bonds. The zero-order valence-corrected chi connectivity index (χ0v) is 12.2. The molecule has 2 aromatic carbocycles. The Morgan fingerprint density at radius 3 is 2.52 bits per heavy atom. The predicted molar refractivity (Wildman–Crippen MR) is 81.4 cm³/mol. The fourth-order valence-corrected chi connectivity index (χ4v) is 2.11. The summed E-state index contributed by atoms with van der Waals surface area (Å²) in [6.45, 7) is 4.17. The molecule has 0 aliphatic carbocycles. The van der Waals surface area contributed by atoms with Crippen LogP contribution in [0.5, 0.6) is 0 Å². The fourth-order valence-electron chi connectivity index (χ4n) is 2.11. The number of nitrogens with two attached hydrogens (primary N) is 1. The number of halogens is 1. The van der Waals surface area contributed by atoms with Gasteiger partial charge in [0, 0.05) is 6.54 Å². The summed E-state index contributed by atoms with van der Waals surface area (Å²) in [5.74, 6) is -0.921. The highest BCUT2D eigenvalue weighted by Crippen LogP contribution is 2.16. The van der Waals surface area contributed by atoms with Gasteiger partial charge >= 0.3 is 0 Å². The van der Waals surface area contributed by atoms with Gasteiger partial charge in [0.2, 0.25) is 0 Å². The van der Waals surface area contributed by atoms with Crippen LogP contribution in [0.3, 0.4) is 0 Å². The van der Waals surface area contributed by atoms with E-state index in [1.54, 1.807) is 12.1 Å². The van der Waals surface area contributed by atoms with E-state index in [9.17, 15) is 9.18 Å². The number of carbonyl (C=O) groups excluding carboxylic acids is 1. The first-order valence-electron chi connectivity index (χ1n) is 6.87. The van der Waals surface area contributed by atoms with Gasteiger partial charge in [-0.3, -0.25) is 4.79 Å². The monoisotopic (exact) mass is 286 g/mol. The minimum absolute atomic E-state index is 0.0698. The number of benzene rings is 2. The summed E-state index contributed by atoms with van der Waals surface area (Å²) < 4.78 is 13.7.